The number of hydrogen-bond donors (Lipinski definition) is 2. The Bertz CT molecular complexity index is 1170. The Morgan fingerprint density at radius 2 is 1.27 bits per heavy atom. The van der Waals surface area contributed by atoms with Crippen LogP contribution in [0.4, 0.5) is 0 Å². The molecule has 0 aliphatic rings. The topological polar surface area (TPSA) is 90.7 Å². The number of carbonyl (C=O) groups excluding carboxylic acids is 2. The molecule has 220 valence electrons. The molecule has 3 aromatic carbocycles. The molecular weight excluding hydrogens is 549 g/mol. The van der Waals surface area contributed by atoms with Gasteiger partial charge in [-0.05, 0) is 41.7 Å². The number of amides is 1. The molecule has 8 heteroatoms. The summed E-state index contributed by atoms with van der Waals surface area (Å²) >= 11 is 1.60. The molecule has 41 heavy (non-hydrogen) atoms. The van der Waals surface area contributed by atoms with E-state index < -0.39 is 43.1 Å². The van der Waals surface area contributed by atoms with Crippen LogP contribution in [0.2, 0.25) is 18.1 Å². The van der Waals surface area contributed by atoms with Crippen LogP contribution < -0.4 is 11.1 Å². The lowest BCUT2D eigenvalue weighted by atomic mass is 9.84. The van der Waals surface area contributed by atoms with Gasteiger partial charge in [-0.25, -0.2) is 4.79 Å². The van der Waals surface area contributed by atoms with Crippen LogP contribution >= 0.6 is 11.8 Å². The van der Waals surface area contributed by atoms with Crippen molar-refractivity contribution in [2.75, 3.05) is 12.9 Å². The second-order valence-corrected chi connectivity index (χ2v) is 17.8. The lowest BCUT2D eigenvalue weighted by molar-refractivity contribution is -0.147. The minimum atomic E-state index is -2.21. The van der Waals surface area contributed by atoms with E-state index in [0.29, 0.717) is 5.75 Å². The third-order valence-corrected chi connectivity index (χ3v) is 14.1. The number of hydrogen-bond acceptors (Lipinski definition) is 6. The van der Waals surface area contributed by atoms with Crippen molar-refractivity contribution in [1.82, 2.24) is 5.32 Å². The second kappa shape index (κ2) is 13.8. The van der Waals surface area contributed by atoms with Gasteiger partial charge in [0.05, 0.1) is 24.0 Å². The normalized spacial score (nSPS) is 14.5. The zero-order valence-electron chi connectivity index (χ0n) is 25.2. The summed E-state index contributed by atoms with van der Waals surface area (Å²) in [7, 11) is -0.905. The van der Waals surface area contributed by atoms with Crippen LogP contribution in [0.5, 0.6) is 0 Å². The minimum absolute atomic E-state index is 0.0609. The Labute approximate surface area is 250 Å². The van der Waals surface area contributed by atoms with Crippen LogP contribution in [-0.2, 0) is 23.5 Å². The molecule has 0 aliphatic carbocycles. The molecule has 0 saturated carbocycles. The first-order chi connectivity index (χ1) is 19.3. The van der Waals surface area contributed by atoms with Crippen LogP contribution in [0.25, 0.3) is 0 Å². The summed E-state index contributed by atoms with van der Waals surface area (Å²) in [5.41, 5.74) is 9.77. The van der Waals surface area contributed by atoms with Gasteiger partial charge in [0, 0.05) is 5.75 Å². The van der Waals surface area contributed by atoms with Gasteiger partial charge in [0.2, 0.25) is 5.91 Å². The number of ether oxygens (including phenoxy) is 1. The van der Waals surface area contributed by atoms with E-state index >= 15 is 0 Å². The maximum atomic E-state index is 13.5. The van der Waals surface area contributed by atoms with Crippen molar-refractivity contribution in [3.05, 3.63) is 108 Å². The molecule has 0 heterocycles. The van der Waals surface area contributed by atoms with E-state index in [1.807, 2.05) is 54.6 Å². The van der Waals surface area contributed by atoms with Gasteiger partial charge in [0.25, 0.3) is 0 Å². The Hall–Kier alpha value is -2.91. The molecule has 3 atom stereocenters. The molecule has 0 saturated heterocycles. The van der Waals surface area contributed by atoms with Gasteiger partial charge in [0.1, 0.15) is 0 Å². The van der Waals surface area contributed by atoms with Gasteiger partial charge in [-0.3, -0.25) is 4.79 Å². The average molecular weight is 593 g/mol. The number of nitrogens with two attached hydrogens (primary N) is 1. The minimum Gasteiger partial charge on any atom is -0.467 e. The predicted octanol–water partition coefficient (Wildman–Crippen LogP) is 6.11. The molecule has 1 amide bonds. The SMILES string of the molecule is COC(=O)[C@@H](NC(=O)[C@H](N)CSC(c1ccccc1)(c1ccccc1)c1ccccc1)[C@@H](C)O[Si](C)(C)C(C)(C)C. The summed E-state index contributed by atoms with van der Waals surface area (Å²) in [4.78, 5) is 26.2. The number of benzene rings is 3. The highest BCUT2D eigenvalue weighted by Gasteiger charge is 2.42. The van der Waals surface area contributed by atoms with Crippen LogP contribution in [0.15, 0.2) is 91.0 Å². The lowest BCUT2D eigenvalue weighted by Gasteiger charge is -2.40. The van der Waals surface area contributed by atoms with Gasteiger partial charge in [0.15, 0.2) is 14.4 Å². The first-order valence-corrected chi connectivity index (χ1v) is 17.8. The van der Waals surface area contributed by atoms with E-state index in [9.17, 15) is 9.59 Å². The smallest absolute Gasteiger partial charge is 0.331 e. The number of rotatable bonds is 12. The average Bonchev–Trinajstić information content (AvgIpc) is 2.96. The van der Waals surface area contributed by atoms with Gasteiger partial charge < -0.3 is 20.2 Å². The van der Waals surface area contributed by atoms with E-state index in [2.05, 4.69) is 75.6 Å². The second-order valence-electron chi connectivity index (χ2n) is 11.8. The molecule has 0 aliphatic heterocycles. The van der Waals surface area contributed by atoms with Gasteiger partial charge in [-0.15, -0.1) is 11.8 Å². The molecule has 3 rings (SSSR count). The third kappa shape index (κ3) is 7.68. The summed E-state index contributed by atoms with van der Waals surface area (Å²) in [5.74, 6) is -0.686. The fourth-order valence-electron chi connectivity index (χ4n) is 4.52. The van der Waals surface area contributed by atoms with Gasteiger partial charge in [-0.2, -0.15) is 0 Å². The number of esters is 1. The maximum absolute atomic E-state index is 13.5. The fraction of sp³-hybridized carbons (Fsp3) is 0.394. The fourth-order valence-corrected chi connectivity index (χ4v) is 7.43. The van der Waals surface area contributed by atoms with Crippen LogP contribution in [-0.4, -0.2) is 51.2 Å². The van der Waals surface area contributed by atoms with E-state index in [1.165, 1.54) is 7.11 Å². The number of carbonyl (C=O) groups is 2. The molecule has 6 nitrogen and oxygen atoms in total. The molecule has 0 unspecified atom stereocenters. The summed E-state index contributed by atoms with van der Waals surface area (Å²) in [6.07, 6.45) is -0.579. The molecule has 0 aromatic heterocycles. The van der Waals surface area contributed by atoms with Crippen molar-refractivity contribution in [2.24, 2.45) is 5.73 Å². The first-order valence-electron chi connectivity index (χ1n) is 14.0. The van der Waals surface area contributed by atoms with Crippen molar-refractivity contribution < 1.29 is 18.8 Å². The molecule has 0 bridgehead atoms. The number of thioether (sulfide) groups is 1. The summed E-state index contributed by atoms with van der Waals surface area (Å²) in [6, 6.07) is 28.9. The highest BCUT2D eigenvalue weighted by Crippen LogP contribution is 2.48. The van der Waals surface area contributed by atoms with E-state index in [1.54, 1.807) is 18.7 Å². The Morgan fingerprint density at radius 3 is 1.63 bits per heavy atom. The van der Waals surface area contributed by atoms with Crippen LogP contribution in [0, 0.1) is 0 Å². The summed E-state index contributed by atoms with van der Waals surface area (Å²) < 4.78 is 10.9. The Balaban J connectivity index is 1.89. The van der Waals surface area contributed by atoms with Crippen LogP contribution in [0.1, 0.15) is 44.4 Å². The van der Waals surface area contributed by atoms with Gasteiger partial charge in [-0.1, -0.05) is 112 Å². The monoisotopic (exact) mass is 592 g/mol. The lowest BCUT2D eigenvalue weighted by Crippen LogP contribution is -2.57. The van der Waals surface area contributed by atoms with E-state index in [0.717, 1.165) is 16.7 Å². The number of methoxy groups -OCH3 is 1. The zero-order chi connectivity index (χ0) is 30.3. The van der Waals surface area contributed by atoms with Crippen molar-refractivity contribution in [1.29, 1.82) is 0 Å². The largest absolute Gasteiger partial charge is 0.467 e. The van der Waals surface area contributed by atoms with E-state index in [4.69, 9.17) is 14.9 Å². The molecular formula is C33H44N2O4SSi. The highest BCUT2D eigenvalue weighted by atomic mass is 32.2. The highest BCUT2D eigenvalue weighted by molar-refractivity contribution is 8.00. The maximum Gasteiger partial charge on any atom is 0.331 e. The zero-order valence-corrected chi connectivity index (χ0v) is 27.0. The quantitative estimate of drug-likeness (QED) is 0.150. The molecule has 0 radical (unpaired) electrons. The predicted molar refractivity (Wildman–Crippen MR) is 171 cm³/mol. The number of nitrogens with one attached hydrogen (secondary N) is 1. The van der Waals surface area contributed by atoms with Crippen molar-refractivity contribution in [3.63, 3.8) is 0 Å². The Kier molecular flexibility index (Phi) is 11.0. The van der Waals surface area contributed by atoms with Crippen LogP contribution in [0.3, 0.4) is 0 Å². The molecule has 0 fully saturated rings. The first kappa shape index (κ1) is 32.6. The molecule has 3 N–H and O–H groups in total. The Morgan fingerprint density at radius 1 is 0.854 bits per heavy atom. The van der Waals surface area contributed by atoms with Gasteiger partial charge >= 0.3 is 5.97 Å². The van der Waals surface area contributed by atoms with Crippen molar-refractivity contribution in [2.45, 2.75) is 68.8 Å². The van der Waals surface area contributed by atoms with Crippen molar-refractivity contribution >= 4 is 32.0 Å². The summed E-state index contributed by atoms with van der Waals surface area (Å²) in [6.45, 7) is 12.4. The molecule has 0 spiro atoms. The van der Waals surface area contributed by atoms with E-state index in [-0.39, 0.29) is 5.04 Å². The molecule has 3 aromatic rings. The standard InChI is InChI=1S/C33H44N2O4SSi/c1-24(39-41(6,7)32(2,3)4)29(31(37)38-5)35-30(36)28(34)23-40-33(25-17-11-8-12-18-25,26-19-13-9-14-20-26)27-21-15-10-16-22-27/h8-22,24,28-29H,23,34H2,1-7H3,(H,35,36)/t24-,28-,29+/m1/s1. The van der Waals surface area contributed by atoms with Crippen molar-refractivity contribution in [3.8, 4) is 0 Å². The summed E-state index contributed by atoms with van der Waals surface area (Å²) in [5, 5.41) is 2.78. The third-order valence-electron chi connectivity index (χ3n) is 7.87.